The molecule has 1 atom stereocenters. The molecule has 1 aromatic rings. The Labute approximate surface area is 175 Å². The van der Waals surface area contributed by atoms with Crippen molar-refractivity contribution < 1.29 is 14.4 Å². The van der Waals surface area contributed by atoms with Gasteiger partial charge in [-0.2, -0.15) is 0 Å². The summed E-state index contributed by atoms with van der Waals surface area (Å²) >= 11 is 24.4. The largest absolute Gasteiger partial charge is 0.292 e. The van der Waals surface area contributed by atoms with E-state index >= 15 is 0 Å². The molecule has 0 aliphatic heterocycles. The van der Waals surface area contributed by atoms with Crippen LogP contribution in [0.5, 0.6) is 0 Å². The molecule has 1 unspecified atom stereocenters. The van der Waals surface area contributed by atoms with Gasteiger partial charge in [0.2, 0.25) is 0 Å². The SMILES string of the molecule is O=C1C=CC(=C(C(=O)c2ccccc2)C2C(=O)C(Cl)=C(Cl)C(Cl)=C2Cl)C=C1. The van der Waals surface area contributed by atoms with Crippen LogP contribution in [0.4, 0.5) is 0 Å². The number of hydrogen-bond acceptors (Lipinski definition) is 3. The van der Waals surface area contributed by atoms with Crippen molar-refractivity contribution in [1.82, 2.24) is 0 Å². The maximum Gasteiger partial charge on any atom is 0.190 e. The molecule has 27 heavy (non-hydrogen) atoms. The van der Waals surface area contributed by atoms with Gasteiger partial charge in [-0.3, -0.25) is 14.4 Å². The fourth-order valence-electron chi connectivity index (χ4n) is 2.74. The summed E-state index contributed by atoms with van der Waals surface area (Å²) in [4.78, 5) is 37.5. The lowest BCUT2D eigenvalue weighted by molar-refractivity contribution is -0.116. The molecule has 0 fully saturated rings. The van der Waals surface area contributed by atoms with Gasteiger partial charge < -0.3 is 0 Å². The molecule has 0 amide bonds. The summed E-state index contributed by atoms with van der Waals surface area (Å²) in [5.74, 6) is -2.53. The highest BCUT2D eigenvalue weighted by Gasteiger charge is 2.40. The molecule has 0 heterocycles. The maximum atomic E-state index is 13.2. The van der Waals surface area contributed by atoms with Crippen LogP contribution in [0.15, 0.2) is 85.9 Å². The van der Waals surface area contributed by atoms with Crippen molar-refractivity contribution in [3.05, 3.63) is 91.5 Å². The van der Waals surface area contributed by atoms with Gasteiger partial charge in [-0.15, -0.1) is 0 Å². The van der Waals surface area contributed by atoms with Gasteiger partial charge in [-0.25, -0.2) is 0 Å². The van der Waals surface area contributed by atoms with E-state index in [1.165, 1.54) is 24.3 Å². The van der Waals surface area contributed by atoms with E-state index < -0.39 is 17.5 Å². The second kappa shape index (κ2) is 7.99. The molecule has 0 bridgehead atoms. The third-order valence-electron chi connectivity index (χ3n) is 4.06. The lowest BCUT2D eigenvalue weighted by Gasteiger charge is -2.25. The lowest BCUT2D eigenvalue weighted by atomic mass is 9.82. The van der Waals surface area contributed by atoms with E-state index in [1.807, 2.05) is 0 Å². The van der Waals surface area contributed by atoms with Crippen LogP contribution >= 0.6 is 46.4 Å². The van der Waals surface area contributed by atoms with Crippen molar-refractivity contribution in [2.24, 2.45) is 5.92 Å². The highest BCUT2D eigenvalue weighted by Crippen LogP contribution is 2.44. The Bertz CT molecular complexity index is 993. The molecule has 0 N–H and O–H groups in total. The van der Waals surface area contributed by atoms with E-state index in [-0.39, 0.29) is 31.5 Å². The van der Waals surface area contributed by atoms with Crippen molar-refractivity contribution in [1.29, 1.82) is 0 Å². The van der Waals surface area contributed by atoms with Crippen LogP contribution in [0.25, 0.3) is 0 Å². The number of Topliss-reactive ketones (excluding diaryl/α,β-unsaturated/α-hetero) is 2. The monoisotopic (exact) mass is 438 g/mol. The molecule has 7 heteroatoms. The number of carbonyl (C=O) groups is 3. The number of allylic oxidation sites excluding steroid dienone is 10. The first-order valence-corrected chi connectivity index (χ1v) is 9.23. The minimum absolute atomic E-state index is 0.0664. The molecule has 3 rings (SSSR count). The van der Waals surface area contributed by atoms with Gasteiger partial charge in [0.15, 0.2) is 17.3 Å². The second-order valence-electron chi connectivity index (χ2n) is 5.72. The molecular formula is C20H10Cl4O3. The van der Waals surface area contributed by atoms with Crippen LogP contribution in [-0.2, 0) is 9.59 Å². The molecule has 0 saturated heterocycles. The molecule has 2 aliphatic rings. The topological polar surface area (TPSA) is 51.2 Å². The average molecular weight is 440 g/mol. The molecule has 0 aromatic heterocycles. The van der Waals surface area contributed by atoms with E-state index in [4.69, 9.17) is 46.4 Å². The number of benzene rings is 1. The molecule has 0 radical (unpaired) electrons. The molecule has 2 aliphatic carbocycles. The average Bonchev–Trinajstić information content (AvgIpc) is 2.69. The van der Waals surface area contributed by atoms with Gasteiger partial charge in [0.1, 0.15) is 5.03 Å². The van der Waals surface area contributed by atoms with Crippen LogP contribution in [0, 0.1) is 5.92 Å². The number of rotatable bonds is 3. The minimum Gasteiger partial charge on any atom is -0.292 e. The summed E-state index contributed by atoms with van der Waals surface area (Å²) in [6, 6.07) is 8.38. The summed E-state index contributed by atoms with van der Waals surface area (Å²) < 4.78 is 0. The minimum atomic E-state index is -1.22. The Morgan fingerprint density at radius 3 is 1.96 bits per heavy atom. The first-order chi connectivity index (χ1) is 12.8. The predicted octanol–water partition coefficient (Wildman–Crippen LogP) is 5.44. The lowest BCUT2D eigenvalue weighted by Crippen LogP contribution is -2.27. The first-order valence-electron chi connectivity index (χ1n) is 7.72. The van der Waals surface area contributed by atoms with Crippen molar-refractivity contribution in [2.75, 3.05) is 0 Å². The van der Waals surface area contributed by atoms with E-state index in [0.29, 0.717) is 11.1 Å². The standard InChI is InChI=1S/C20H10Cl4O3/c21-15-14(20(27)18(24)17(23)16(15)22)13(10-6-8-12(25)9-7-10)19(26)11-4-2-1-3-5-11/h1-9,14H. The van der Waals surface area contributed by atoms with Gasteiger partial charge in [0.25, 0.3) is 0 Å². The van der Waals surface area contributed by atoms with Crippen LogP contribution in [0.3, 0.4) is 0 Å². The zero-order chi connectivity index (χ0) is 19.7. The first kappa shape index (κ1) is 19.8. The normalized spacial score (nSPS) is 19.9. The van der Waals surface area contributed by atoms with Crippen LogP contribution in [0.1, 0.15) is 10.4 Å². The van der Waals surface area contributed by atoms with Crippen LogP contribution in [-0.4, -0.2) is 17.3 Å². The fourth-order valence-corrected chi connectivity index (χ4v) is 3.75. The third kappa shape index (κ3) is 3.74. The van der Waals surface area contributed by atoms with Crippen LogP contribution < -0.4 is 0 Å². The van der Waals surface area contributed by atoms with Gasteiger partial charge in [0.05, 0.1) is 21.0 Å². The number of ketones is 3. The molecular weight excluding hydrogens is 430 g/mol. The Morgan fingerprint density at radius 1 is 0.778 bits per heavy atom. The Hall–Kier alpha value is -1.91. The van der Waals surface area contributed by atoms with Gasteiger partial charge in [0, 0.05) is 11.1 Å². The number of halogens is 4. The molecule has 3 nitrogen and oxygen atoms in total. The number of carbonyl (C=O) groups excluding carboxylic acids is 3. The Balaban J connectivity index is 2.24. The zero-order valence-corrected chi connectivity index (χ0v) is 16.5. The highest BCUT2D eigenvalue weighted by atomic mass is 35.5. The van der Waals surface area contributed by atoms with E-state index in [9.17, 15) is 14.4 Å². The summed E-state index contributed by atoms with van der Waals surface area (Å²) in [7, 11) is 0. The maximum absolute atomic E-state index is 13.2. The predicted molar refractivity (Wildman–Crippen MR) is 107 cm³/mol. The third-order valence-corrected chi connectivity index (χ3v) is 5.90. The van der Waals surface area contributed by atoms with E-state index in [0.717, 1.165) is 0 Å². The quantitative estimate of drug-likeness (QED) is 0.465. The molecule has 136 valence electrons. The fraction of sp³-hybridized carbons (Fsp3) is 0.0500. The Kier molecular flexibility index (Phi) is 5.87. The molecule has 1 aromatic carbocycles. The van der Waals surface area contributed by atoms with Crippen molar-refractivity contribution in [2.45, 2.75) is 0 Å². The smallest absolute Gasteiger partial charge is 0.190 e. The van der Waals surface area contributed by atoms with Gasteiger partial charge >= 0.3 is 0 Å². The Morgan fingerprint density at radius 2 is 1.37 bits per heavy atom. The number of hydrogen-bond donors (Lipinski definition) is 0. The zero-order valence-electron chi connectivity index (χ0n) is 13.5. The summed E-state index contributed by atoms with van der Waals surface area (Å²) in [6.45, 7) is 0. The summed E-state index contributed by atoms with van der Waals surface area (Å²) in [6.07, 6.45) is 5.50. The van der Waals surface area contributed by atoms with Gasteiger partial charge in [-0.1, -0.05) is 88.9 Å². The molecule has 0 spiro atoms. The van der Waals surface area contributed by atoms with E-state index in [1.54, 1.807) is 30.3 Å². The van der Waals surface area contributed by atoms with Crippen molar-refractivity contribution in [3.8, 4) is 0 Å². The second-order valence-corrected chi connectivity index (χ2v) is 7.26. The van der Waals surface area contributed by atoms with E-state index in [2.05, 4.69) is 0 Å². The van der Waals surface area contributed by atoms with Crippen LogP contribution in [0.2, 0.25) is 0 Å². The summed E-state index contributed by atoms with van der Waals surface area (Å²) in [5, 5.41) is -0.644. The highest BCUT2D eigenvalue weighted by molar-refractivity contribution is 6.57. The summed E-state index contributed by atoms with van der Waals surface area (Å²) in [5.41, 5.74) is 0.785. The van der Waals surface area contributed by atoms with Crippen molar-refractivity contribution >= 4 is 63.8 Å². The molecule has 0 saturated carbocycles. The van der Waals surface area contributed by atoms with Crippen molar-refractivity contribution in [3.63, 3.8) is 0 Å². The van der Waals surface area contributed by atoms with Gasteiger partial charge in [-0.05, 0) is 17.7 Å².